The lowest BCUT2D eigenvalue weighted by molar-refractivity contribution is 0.134. The standard InChI is InChI=1S/C13H20FNO2/c1-8(6-12(16)9(2)15)11-7-10(14)4-5-13(11)17-3/h4-5,7-9,12,16H,6,15H2,1-3H3. The maximum absolute atomic E-state index is 13.2. The lowest BCUT2D eigenvalue weighted by Crippen LogP contribution is -2.32. The Balaban J connectivity index is 2.87. The molecule has 0 radical (unpaired) electrons. The Morgan fingerprint density at radius 1 is 1.41 bits per heavy atom. The number of rotatable bonds is 5. The molecule has 1 rings (SSSR count). The van der Waals surface area contributed by atoms with Crippen molar-refractivity contribution < 1.29 is 14.2 Å². The largest absolute Gasteiger partial charge is 0.496 e. The maximum atomic E-state index is 13.2. The van der Waals surface area contributed by atoms with Gasteiger partial charge in [0.15, 0.2) is 0 Å². The Bertz CT molecular complexity index is 368. The van der Waals surface area contributed by atoms with E-state index in [9.17, 15) is 9.50 Å². The minimum atomic E-state index is -0.599. The highest BCUT2D eigenvalue weighted by molar-refractivity contribution is 5.36. The van der Waals surface area contributed by atoms with Gasteiger partial charge in [0.1, 0.15) is 11.6 Å². The van der Waals surface area contributed by atoms with Crippen LogP contribution in [0.25, 0.3) is 0 Å². The fourth-order valence-electron chi connectivity index (χ4n) is 1.79. The summed E-state index contributed by atoms with van der Waals surface area (Å²) < 4.78 is 18.4. The first-order valence-electron chi connectivity index (χ1n) is 5.72. The molecule has 1 aromatic rings. The molecule has 3 unspecified atom stereocenters. The molecule has 0 saturated heterocycles. The molecule has 3 N–H and O–H groups in total. The van der Waals surface area contributed by atoms with E-state index in [4.69, 9.17) is 10.5 Å². The summed E-state index contributed by atoms with van der Waals surface area (Å²) >= 11 is 0. The normalized spacial score (nSPS) is 16.4. The third-order valence-corrected chi connectivity index (χ3v) is 2.92. The molecule has 17 heavy (non-hydrogen) atoms. The predicted molar refractivity (Wildman–Crippen MR) is 65.6 cm³/mol. The van der Waals surface area contributed by atoms with Gasteiger partial charge in [-0.3, -0.25) is 0 Å². The van der Waals surface area contributed by atoms with Gasteiger partial charge in [-0.2, -0.15) is 0 Å². The third-order valence-electron chi connectivity index (χ3n) is 2.92. The Labute approximate surface area is 101 Å². The zero-order valence-electron chi connectivity index (χ0n) is 10.5. The molecule has 0 heterocycles. The van der Waals surface area contributed by atoms with E-state index in [0.29, 0.717) is 12.2 Å². The highest BCUT2D eigenvalue weighted by atomic mass is 19.1. The first-order chi connectivity index (χ1) is 7.95. The minimum Gasteiger partial charge on any atom is -0.496 e. The summed E-state index contributed by atoms with van der Waals surface area (Å²) in [7, 11) is 1.55. The van der Waals surface area contributed by atoms with E-state index in [1.54, 1.807) is 20.1 Å². The van der Waals surface area contributed by atoms with Crippen LogP contribution in [-0.2, 0) is 0 Å². The fraction of sp³-hybridized carbons (Fsp3) is 0.538. The Hall–Kier alpha value is -1.13. The summed E-state index contributed by atoms with van der Waals surface area (Å²) in [5.41, 5.74) is 6.36. The Kier molecular flexibility index (Phi) is 4.90. The summed E-state index contributed by atoms with van der Waals surface area (Å²) in [5, 5.41) is 9.73. The second-order valence-electron chi connectivity index (χ2n) is 4.45. The maximum Gasteiger partial charge on any atom is 0.123 e. The van der Waals surface area contributed by atoms with E-state index >= 15 is 0 Å². The van der Waals surface area contributed by atoms with Crippen molar-refractivity contribution in [1.82, 2.24) is 0 Å². The summed E-state index contributed by atoms with van der Waals surface area (Å²) in [6.45, 7) is 3.67. The lowest BCUT2D eigenvalue weighted by atomic mass is 9.92. The van der Waals surface area contributed by atoms with Crippen molar-refractivity contribution in [3.05, 3.63) is 29.6 Å². The average Bonchev–Trinajstić information content (AvgIpc) is 2.28. The average molecular weight is 241 g/mol. The van der Waals surface area contributed by atoms with Crippen LogP contribution in [0.1, 0.15) is 31.7 Å². The second-order valence-corrected chi connectivity index (χ2v) is 4.45. The summed E-state index contributed by atoms with van der Waals surface area (Å²) in [6, 6.07) is 4.10. The smallest absolute Gasteiger partial charge is 0.123 e. The molecule has 0 aliphatic heterocycles. The van der Waals surface area contributed by atoms with Crippen molar-refractivity contribution in [1.29, 1.82) is 0 Å². The number of methoxy groups -OCH3 is 1. The van der Waals surface area contributed by atoms with Gasteiger partial charge >= 0.3 is 0 Å². The van der Waals surface area contributed by atoms with Gasteiger partial charge in [-0.1, -0.05) is 6.92 Å². The van der Waals surface area contributed by atoms with Crippen LogP contribution >= 0.6 is 0 Å². The van der Waals surface area contributed by atoms with E-state index in [-0.39, 0.29) is 17.8 Å². The molecule has 0 aromatic heterocycles. The predicted octanol–water partition coefficient (Wildman–Crippen LogP) is 2.04. The molecule has 3 nitrogen and oxygen atoms in total. The molecule has 1 aromatic carbocycles. The molecule has 3 atom stereocenters. The van der Waals surface area contributed by atoms with E-state index < -0.39 is 6.10 Å². The molecular formula is C13H20FNO2. The molecule has 0 amide bonds. The summed E-state index contributed by atoms with van der Waals surface area (Å²) in [4.78, 5) is 0. The zero-order chi connectivity index (χ0) is 13.0. The molecule has 0 spiro atoms. The van der Waals surface area contributed by atoms with E-state index in [2.05, 4.69) is 0 Å². The molecule has 96 valence electrons. The monoisotopic (exact) mass is 241 g/mol. The number of aliphatic hydroxyl groups is 1. The molecule has 0 fully saturated rings. The first-order valence-corrected chi connectivity index (χ1v) is 5.72. The summed E-state index contributed by atoms with van der Waals surface area (Å²) in [5.74, 6) is 0.320. The minimum absolute atomic E-state index is 0.0124. The first kappa shape index (κ1) is 13.9. The molecule has 0 aliphatic rings. The zero-order valence-corrected chi connectivity index (χ0v) is 10.5. The van der Waals surface area contributed by atoms with Gasteiger partial charge in [0.2, 0.25) is 0 Å². The molecular weight excluding hydrogens is 221 g/mol. The van der Waals surface area contributed by atoms with Crippen molar-refractivity contribution in [3.8, 4) is 5.75 Å². The van der Waals surface area contributed by atoms with E-state index in [1.807, 2.05) is 6.92 Å². The van der Waals surface area contributed by atoms with Crippen molar-refractivity contribution in [2.75, 3.05) is 7.11 Å². The number of ether oxygens (including phenoxy) is 1. The SMILES string of the molecule is COc1ccc(F)cc1C(C)CC(O)C(C)N. The number of hydrogen-bond donors (Lipinski definition) is 2. The van der Waals surface area contributed by atoms with Crippen LogP contribution in [0.4, 0.5) is 4.39 Å². The molecule has 0 bridgehead atoms. The number of nitrogens with two attached hydrogens (primary N) is 1. The number of hydrogen-bond acceptors (Lipinski definition) is 3. The van der Waals surface area contributed by atoms with Crippen molar-refractivity contribution >= 4 is 0 Å². The highest BCUT2D eigenvalue weighted by Gasteiger charge is 2.18. The Morgan fingerprint density at radius 3 is 2.59 bits per heavy atom. The van der Waals surface area contributed by atoms with Crippen molar-refractivity contribution in [2.24, 2.45) is 5.73 Å². The number of halogens is 1. The lowest BCUT2D eigenvalue weighted by Gasteiger charge is -2.21. The molecule has 0 saturated carbocycles. The van der Waals surface area contributed by atoms with Crippen LogP contribution in [0, 0.1) is 5.82 Å². The number of benzene rings is 1. The van der Waals surface area contributed by atoms with Crippen LogP contribution in [0.3, 0.4) is 0 Å². The van der Waals surface area contributed by atoms with Gasteiger partial charge in [0.25, 0.3) is 0 Å². The fourth-order valence-corrected chi connectivity index (χ4v) is 1.79. The van der Waals surface area contributed by atoms with Gasteiger partial charge in [-0.25, -0.2) is 4.39 Å². The van der Waals surface area contributed by atoms with Gasteiger partial charge < -0.3 is 15.6 Å². The quantitative estimate of drug-likeness (QED) is 0.829. The highest BCUT2D eigenvalue weighted by Crippen LogP contribution is 2.30. The van der Waals surface area contributed by atoms with Gasteiger partial charge in [0, 0.05) is 6.04 Å². The van der Waals surface area contributed by atoms with Gasteiger partial charge in [-0.05, 0) is 43.0 Å². The van der Waals surface area contributed by atoms with Crippen molar-refractivity contribution in [3.63, 3.8) is 0 Å². The van der Waals surface area contributed by atoms with Crippen LogP contribution in [0.15, 0.2) is 18.2 Å². The Morgan fingerprint density at radius 2 is 2.06 bits per heavy atom. The van der Waals surface area contributed by atoms with E-state index in [1.165, 1.54) is 12.1 Å². The van der Waals surface area contributed by atoms with Gasteiger partial charge in [0.05, 0.1) is 13.2 Å². The van der Waals surface area contributed by atoms with E-state index in [0.717, 1.165) is 5.56 Å². The van der Waals surface area contributed by atoms with Crippen LogP contribution in [-0.4, -0.2) is 24.4 Å². The van der Waals surface area contributed by atoms with Gasteiger partial charge in [-0.15, -0.1) is 0 Å². The van der Waals surface area contributed by atoms with Crippen LogP contribution in [0.5, 0.6) is 5.75 Å². The topological polar surface area (TPSA) is 55.5 Å². The second kappa shape index (κ2) is 5.98. The molecule has 0 aliphatic carbocycles. The van der Waals surface area contributed by atoms with Crippen LogP contribution in [0.2, 0.25) is 0 Å². The molecule has 4 heteroatoms. The van der Waals surface area contributed by atoms with Crippen LogP contribution < -0.4 is 10.5 Å². The summed E-state index contributed by atoms with van der Waals surface area (Å²) in [6.07, 6.45) is -0.115. The number of aliphatic hydroxyl groups excluding tert-OH is 1. The van der Waals surface area contributed by atoms with Crippen molar-refractivity contribution in [2.45, 2.75) is 38.3 Å². The third kappa shape index (κ3) is 3.68.